The van der Waals surface area contributed by atoms with E-state index in [1.807, 2.05) is 45.0 Å². The van der Waals surface area contributed by atoms with Crippen molar-refractivity contribution in [1.29, 1.82) is 0 Å². The number of ether oxygens (including phenoxy) is 3. The quantitative estimate of drug-likeness (QED) is 0.250. The fraction of sp³-hybridized carbons (Fsp3) is 0.344. The molecule has 0 aliphatic carbocycles. The Morgan fingerprint density at radius 2 is 1.60 bits per heavy atom. The molecule has 0 radical (unpaired) electrons. The smallest absolute Gasteiger partial charge is 0.320 e. The van der Waals surface area contributed by atoms with E-state index in [1.165, 1.54) is 12.0 Å². The number of nitrogens with one attached hydrogen (secondary N) is 3. The Kier molecular flexibility index (Phi) is 10.2. The van der Waals surface area contributed by atoms with Gasteiger partial charge in [0.1, 0.15) is 5.75 Å². The van der Waals surface area contributed by atoms with Gasteiger partial charge in [-0.3, -0.25) is 9.59 Å². The van der Waals surface area contributed by atoms with Crippen LogP contribution in [0.3, 0.4) is 0 Å². The first-order chi connectivity index (χ1) is 20.7. The number of hydrogen-bond donors (Lipinski definition) is 3. The molecule has 3 N–H and O–H groups in total. The van der Waals surface area contributed by atoms with Gasteiger partial charge in [-0.25, -0.2) is 4.79 Å². The molecule has 11 heteroatoms. The van der Waals surface area contributed by atoms with Crippen molar-refractivity contribution >= 4 is 40.6 Å². The van der Waals surface area contributed by atoms with Crippen LogP contribution in [0.15, 0.2) is 72.8 Å². The Morgan fingerprint density at radius 1 is 0.907 bits per heavy atom. The van der Waals surface area contributed by atoms with Crippen LogP contribution < -0.4 is 30.5 Å². The Morgan fingerprint density at radius 3 is 2.26 bits per heavy atom. The monoisotopic (exact) mass is 589 g/mol. The highest BCUT2D eigenvalue weighted by atomic mass is 16.7. The number of nitrogens with zero attached hydrogens (tertiary/aromatic N) is 2. The largest absolute Gasteiger partial charge is 0.497 e. The maximum atomic E-state index is 14.4. The van der Waals surface area contributed by atoms with E-state index in [-0.39, 0.29) is 13.0 Å². The highest BCUT2D eigenvalue weighted by Gasteiger charge is 2.53. The molecule has 228 valence electrons. The molecule has 0 aromatic heterocycles. The number of urea groups is 1. The van der Waals surface area contributed by atoms with Crippen molar-refractivity contribution in [1.82, 2.24) is 5.32 Å². The molecule has 1 heterocycles. The van der Waals surface area contributed by atoms with E-state index in [0.717, 1.165) is 5.69 Å². The van der Waals surface area contributed by atoms with Gasteiger partial charge in [-0.2, -0.15) is 0 Å². The molecule has 4 amide bonds. The highest BCUT2D eigenvalue weighted by molar-refractivity contribution is 6.13. The van der Waals surface area contributed by atoms with Crippen molar-refractivity contribution in [3.63, 3.8) is 0 Å². The molecule has 4 rings (SSSR count). The van der Waals surface area contributed by atoms with Gasteiger partial charge in [0.25, 0.3) is 5.91 Å². The predicted molar refractivity (Wildman–Crippen MR) is 167 cm³/mol. The molecule has 3 aromatic rings. The van der Waals surface area contributed by atoms with Crippen LogP contribution in [0.2, 0.25) is 0 Å². The summed E-state index contributed by atoms with van der Waals surface area (Å²) in [6, 6.07) is 20.6. The molecule has 0 spiro atoms. The minimum absolute atomic E-state index is 0.0755. The average molecular weight is 590 g/mol. The third-order valence-corrected chi connectivity index (χ3v) is 7.05. The van der Waals surface area contributed by atoms with E-state index in [4.69, 9.17) is 14.2 Å². The van der Waals surface area contributed by atoms with Crippen molar-refractivity contribution in [2.24, 2.45) is 0 Å². The van der Waals surface area contributed by atoms with E-state index >= 15 is 0 Å². The van der Waals surface area contributed by atoms with Crippen LogP contribution in [0.5, 0.6) is 5.75 Å². The third kappa shape index (κ3) is 7.25. The van der Waals surface area contributed by atoms with Gasteiger partial charge < -0.3 is 40.0 Å². The lowest BCUT2D eigenvalue weighted by atomic mass is 9.87. The summed E-state index contributed by atoms with van der Waals surface area (Å²) >= 11 is 0. The van der Waals surface area contributed by atoms with Gasteiger partial charge in [0.15, 0.2) is 11.8 Å². The average Bonchev–Trinajstić information content (AvgIpc) is 3.20. The number of rotatable bonds is 13. The SMILES string of the molecule is CCOC(CN1C(=O)C(CC(=O)Nc2ccc(N(C)C)cc2)(NC(=O)Nc2cccc(OC)c2)c2ccccc21)OCC. The van der Waals surface area contributed by atoms with Crippen LogP contribution in [-0.2, 0) is 24.6 Å². The van der Waals surface area contributed by atoms with Crippen LogP contribution in [0.4, 0.5) is 27.5 Å². The van der Waals surface area contributed by atoms with E-state index < -0.39 is 29.7 Å². The summed E-state index contributed by atoms with van der Waals surface area (Å²) in [5.74, 6) is -0.369. The van der Waals surface area contributed by atoms with E-state index in [9.17, 15) is 14.4 Å². The molecule has 0 fully saturated rings. The number of anilines is 4. The summed E-state index contributed by atoms with van der Waals surface area (Å²) in [7, 11) is 5.38. The van der Waals surface area contributed by atoms with Crippen LogP contribution in [-0.4, -0.2) is 65.1 Å². The maximum absolute atomic E-state index is 14.4. The van der Waals surface area contributed by atoms with Crippen LogP contribution in [0.25, 0.3) is 0 Å². The Bertz CT molecular complexity index is 1420. The number of benzene rings is 3. The van der Waals surface area contributed by atoms with Gasteiger partial charge in [-0.05, 0) is 56.3 Å². The number of para-hydroxylation sites is 1. The molecule has 1 aliphatic heterocycles. The predicted octanol–water partition coefficient (Wildman–Crippen LogP) is 4.55. The molecule has 0 saturated carbocycles. The number of methoxy groups -OCH3 is 1. The summed E-state index contributed by atoms with van der Waals surface area (Å²) < 4.78 is 16.7. The normalized spacial score (nSPS) is 15.7. The molecule has 11 nitrogen and oxygen atoms in total. The van der Waals surface area contributed by atoms with E-state index in [0.29, 0.717) is 41.6 Å². The maximum Gasteiger partial charge on any atom is 0.320 e. The second-order valence-corrected chi connectivity index (χ2v) is 10.2. The van der Waals surface area contributed by atoms with Gasteiger partial charge in [0, 0.05) is 56.0 Å². The second-order valence-electron chi connectivity index (χ2n) is 10.2. The van der Waals surface area contributed by atoms with Crippen molar-refractivity contribution in [3.05, 3.63) is 78.4 Å². The first kappa shape index (κ1) is 31.3. The summed E-state index contributed by atoms with van der Waals surface area (Å²) in [5.41, 5.74) is 1.33. The highest BCUT2D eigenvalue weighted by Crippen LogP contribution is 2.43. The molecule has 3 aromatic carbocycles. The van der Waals surface area contributed by atoms with Crippen LogP contribution in [0, 0.1) is 0 Å². The fourth-order valence-corrected chi connectivity index (χ4v) is 5.06. The van der Waals surface area contributed by atoms with Crippen molar-refractivity contribution < 1.29 is 28.6 Å². The number of carbonyl (C=O) groups excluding carboxylic acids is 3. The fourth-order valence-electron chi connectivity index (χ4n) is 5.06. The molecule has 0 saturated heterocycles. The minimum Gasteiger partial charge on any atom is -0.497 e. The molecule has 1 atom stereocenters. The molecule has 0 bridgehead atoms. The second kappa shape index (κ2) is 14.0. The molecular weight excluding hydrogens is 550 g/mol. The number of amides is 4. The van der Waals surface area contributed by atoms with Crippen LogP contribution in [0.1, 0.15) is 25.8 Å². The number of hydrogen-bond acceptors (Lipinski definition) is 7. The Labute approximate surface area is 252 Å². The van der Waals surface area contributed by atoms with Gasteiger partial charge in [0.2, 0.25) is 5.91 Å². The lowest BCUT2D eigenvalue weighted by molar-refractivity contribution is -0.138. The first-order valence-electron chi connectivity index (χ1n) is 14.2. The van der Waals surface area contributed by atoms with Crippen LogP contribution >= 0.6 is 0 Å². The molecule has 1 unspecified atom stereocenters. The minimum atomic E-state index is -1.71. The number of fused-ring (bicyclic) bond motifs is 1. The summed E-state index contributed by atoms with van der Waals surface area (Å²) in [6.45, 7) is 4.53. The van der Waals surface area contributed by atoms with Gasteiger partial charge in [-0.1, -0.05) is 24.3 Å². The van der Waals surface area contributed by atoms with Crippen molar-refractivity contribution in [2.75, 3.05) is 61.4 Å². The van der Waals surface area contributed by atoms with Gasteiger partial charge in [0.05, 0.1) is 25.8 Å². The van der Waals surface area contributed by atoms with E-state index in [1.54, 1.807) is 60.7 Å². The summed E-state index contributed by atoms with van der Waals surface area (Å²) in [5, 5.41) is 8.51. The number of carbonyl (C=O) groups is 3. The first-order valence-corrected chi connectivity index (χ1v) is 14.2. The molecular formula is C32H39N5O6. The Hall–Kier alpha value is -4.61. The lowest BCUT2D eigenvalue weighted by Crippen LogP contribution is -2.56. The summed E-state index contributed by atoms with van der Waals surface area (Å²) in [4.78, 5) is 44.9. The van der Waals surface area contributed by atoms with Gasteiger partial charge in [-0.15, -0.1) is 0 Å². The third-order valence-electron chi connectivity index (χ3n) is 7.05. The van der Waals surface area contributed by atoms with Crippen molar-refractivity contribution in [2.45, 2.75) is 32.1 Å². The Balaban J connectivity index is 1.68. The van der Waals surface area contributed by atoms with E-state index in [2.05, 4.69) is 16.0 Å². The zero-order valence-electron chi connectivity index (χ0n) is 25.2. The van der Waals surface area contributed by atoms with Crippen molar-refractivity contribution in [3.8, 4) is 5.75 Å². The zero-order valence-corrected chi connectivity index (χ0v) is 25.2. The standard InChI is InChI=1S/C32H39N5O6/c1-6-42-29(43-7-2)21-37-27-14-9-8-13-26(27)32(30(37)39,35-31(40)34-23-11-10-12-25(19-23)41-5)20-28(38)33-22-15-17-24(18-16-22)36(3)4/h8-19,29H,6-7,20-21H2,1-5H3,(H,33,38)(H2,34,35,40). The topological polar surface area (TPSA) is 121 Å². The van der Waals surface area contributed by atoms with Gasteiger partial charge >= 0.3 is 6.03 Å². The molecule has 43 heavy (non-hydrogen) atoms. The zero-order chi connectivity index (χ0) is 31.0. The summed E-state index contributed by atoms with van der Waals surface area (Å²) in [6.07, 6.45) is -1.05. The molecule has 1 aliphatic rings. The lowest BCUT2D eigenvalue weighted by Gasteiger charge is -2.30.